The number of amides is 3. The van der Waals surface area contributed by atoms with Crippen LogP contribution in [-0.2, 0) is 9.47 Å². The van der Waals surface area contributed by atoms with Crippen LogP contribution < -0.4 is 16.0 Å². The van der Waals surface area contributed by atoms with Crippen molar-refractivity contribution in [3.8, 4) is 0 Å². The number of hydrogen-bond acceptors (Lipinski definition) is 4. The Balaban J connectivity index is 1.51. The molecule has 7 heteroatoms. The molecular weight excluding hydrogens is 322 g/mol. The largest absolute Gasteiger partial charge is 0.378 e. The van der Waals surface area contributed by atoms with E-state index in [0.29, 0.717) is 31.0 Å². The summed E-state index contributed by atoms with van der Waals surface area (Å²) in [7, 11) is 0. The Bertz CT molecular complexity index is 611. The van der Waals surface area contributed by atoms with E-state index in [1.807, 2.05) is 6.92 Å². The Labute approximate surface area is 147 Å². The van der Waals surface area contributed by atoms with Gasteiger partial charge in [-0.1, -0.05) is 0 Å². The average Bonchev–Trinajstić information content (AvgIpc) is 3.03. The van der Waals surface area contributed by atoms with Crippen LogP contribution in [-0.4, -0.2) is 49.9 Å². The zero-order valence-corrected chi connectivity index (χ0v) is 14.5. The molecule has 2 aliphatic heterocycles. The standard InChI is InChI=1S/C18H25N3O4/c1-2-19-16(22)13-3-5-14(6-4-13)20-17(23)21-15-7-9-25-18(11-15)8-10-24-12-18/h3-6,15H,2,7-12H2,1H3,(H,19,22)(H2,20,21,23)/t15-,18+/m0/s1. The lowest BCUT2D eigenvalue weighted by Gasteiger charge is -2.37. The highest BCUT2D eigenvalue weighted by Gasteiger charge is 2.41. The molecule has 25 heavy (non-hydrogen) atoms. The number of carbonyl (C=O) groups excluding carboxylic acids is 2. The monoisotopic (exact) mass is 347 g/mol. The van der Waals surface area contributed by atoms with Crippen molar-refractivity contribution < 1.29 is 19.1 Å². The minimum atomic E-state index is -0.244. The summed E-state index contributed by atoms with van der Waals surface area (Å²) < 4.78 is 11.3. The normalized spacial score (nSPS) is 25.6. The maximum atomic E-state index is 12.2. The predicted octanol–water partition coefficient (Wildman–Crippen LogP) is 1.90. The second kappa shape index (κ2) is 7.84. The number of anilines is 1. The molecule has 0 aliphatic carbocycles. The van der Waals surface area contributed by atoms with E-state index in [0.717, 1.165) is 25.9 Å². The summed E-state index contributed by atoms with van der Waals surface area (Å²) in [5, 5.41) is 8.56. The van der Waals surface area contributed by atoms with E-state index in [-0.39, 0.29) is 23.6 Å². The summed E-state index contributed by atoms with van der Waals surface area (Å²) in [6, 6.07) is 6.66. The lowest BCUT2D eigenvalue weighted by Crippen LogP contribution is -2.49. The molecule has 3 amide bonds. The second-order valence-corrected chi connectivity index (χ2v) is 6.56. The first-order chi connectivity index (χ1) is 12.1. The first-order valence-corrected chi connectivity index (χ1v) is 8.78. The van der Waals surface area contributed by atoms with Gasteiger partial charge in [0, 0.05) is 43.5 Å². The van der Waals surface area contributed by atoms with Gasteiger partial charge in [0.15, 0.2) is 0 Å². The number of carbonyl (C=O) groups is 2. The van der Waals surface area contributed by atoms with Crippen LogP contribution in [0.15, 0.2) is 24.3 Å². The third-order valence-electron chi connectivity index (χ3n) is 4.64. The molecular formula is C18H25N3O4. The lowest BCUT2D eigenvalue weighted by molar-refractivity contribution is -0.0877. The third kappa shape index (κ3) is 4.49. The zero-order chi connectivity index (χ0) is 17.7. The minimum absolute atomic E-state index is 0.0741. The van der Waals surface area contributed by atoms with Crippen molar-refractivity contribution >= 4 is 17.6 Å². The van der Waals surface area contributed by atoms with Crippen LogP contribution in [0.25, 0.3) is 0 Å². The Morgan fingerprint density at radius 3 is 2.72 bits per heavy atom. The fraction of sp³-hybridized carbons (Fsp3) is 0.556. The molecule has 2 aliphatic rings. The van der Waals surface area contributed by atoms with Gasteiger partial charge < -0.3 is 25.4 Å². The minimum Gasteiger partial charge on any atom is -0.378 e. The molecule has 1 spiro atoms. The Morgan fingerprint density at radius 1 is 1.24 bits per heavy atom. The van der Waals surface area contributed by atoms with Crippen LogP contribution in [0.3, 0.4) is 0 Å². The Kier molecular flexibility index (Phi) is 5.55. The van der Waals surface area contributed by atoms with Crippen LogP contribution in [0.4, 0.5) is 10.5 Å². The molecule has 1 aromatic rings. The van der Waals surface area contributed by atoms with Crippen LogP contribution in [0.5, 0.6) is 0 Å². The highest BCUT2D eigenvalue weighted by atomic mass is 16.6. The molecule has 0 unspecified atom stereocenters. The van der Waals surface area contributed by atoms with Crippen LogP contribution in [0, 0.1) is 0 Å². The molecule has 0 aromatic heterocycles. The predicted molar refractivity (Wildman–Crippen MR) is 93.7 cm³/mol. The fourth-order valence-electron chi connectivity index (χ4n) is 3.33. The van der Waals surface area contributed by atoms with Crippen molar-refractivity contribution in [3.63, 3.8) is 0 Å². The molecule has 2 atom stereocenters. The average molecular weight is 347 g/mol. The second-order valence-electron chi connectivity index (χ2n) is 6.56. The van der Waals surface area contributed by atoms with E-state index in [1.165, 1.54) is 0 Å². The molecule has 1 aromatic carbocycles. The summed E-state index contributed by atoms with van der Waals surface area (Å²) in [6.45, 7) is 4.41. The molecule has 3 N–H and O–H groups in total. The van der Waals surface area contributed by atoms with Gasteiger partial charge in [-0.15, -0.1) is 0 Å². The highest BCUT2D eigenvalue weighted by molar-refractivity contribution is 5.95. The van der Waals surface area contributed by atoms with E-state index in [9.17, 15) is 9.59 Å². The Morgan fingerprint density at radius 2 is 2.04 bits per heavy atom. The van der Waals surface area contributed by atoms with Gasteiger partial charge in [-0.2, -0.15) is 0 Å². The topological polar surface area (TPSA) is 88.7 Å². The molecule has 2 saturated heterocycles. The van der Waals surface area contributed by atoms with Crippen molar-refractivity contribution in [2.75, 3.05) is 31.7 Å². The van der Waals surface area contributed by atoms with Crippen molar-refractivity contribution in [1.82, 2.24) is 10.6 Å². The maximum absolute atomic E-state index is 12.2. The quantitative estimate of drug-likeness (QED) is 0.776. The summed E-state index contributed by atoms with van der Waals surface area (Å²) >= 11 is 0. The molecule has 2 fully saturated rings. The molecule has 7 nitrogen and oxygen atoms in total. The Hall–Kier alpha value is -2.12. The van der Waals surface area contributed by atoms with Gasteiger partial charge in [0.1, 0.15) is 0 Å². The number of ether oxygens (including phenoxy) is 2. The van der Waals surface area contributed by atoms with Crippen LogP contribution in [0.1, 0.15) is 36.5 Å². The molecule has 0 bridgehead atoms. The molecule has 2 heterocycles. The van der Waals surface area contributed by atoms with E-state index in [2.05, 4.69) is 16.0 Å². The molecule has 3 rings (SSSR count). The number of nitrogens with one attached hydrogen (secondary N) is 3. The van der Waals surface area contributed by atoms with Gasteiger partial charge >= 0.3 is 6.03 Å². The van der Waals surface area contributed by atoms with Crippen LogP contribution in [0.2, 0.25) is 0 Å². The first-order valence-electron chi connectivity index (χ1n) is 8.78. The summed E-state index contributed by atoms with van der Waals surface area (Å²) in [4.78, 5) is 24.0. The SMILES string of the molecule is CCNC(=O)c1ccc(NC(=O)N[C@H]2CCO[C@]3(CCOC3)C2)cc1. The van der Waals surface area contributed by atoms with Gasteiger partial charge in [0.25, 0.3) is 5.91 Å². The number of hydrogen-bond donors (Lipinski definition) is 3. The number of rotatable bonds is 4. The van der Waals surface area contributed by atoms with Crippen molar-refractivity contribution in [2.45, 2.75) is 37.8 Å². The third-order valence-corrected chi connectivity index (χ3v) is 4.64. The summed E-state index contributed by atoms with van der Waals surface area (Å²) in [5.41, 5.74) is 0.988. The fourth-order valence-corrected chi connectivity index (χ4v) is 3.33. The van der Waals surface area contributed by atoms with Crippen molar-refractivity contribution in [1.29, 1.82) is 0 Å². The van der Waals surface area contributed by atoms with Crippen molar-refractivity contribution in [2.24, 2.45) is 0 Å². The van der Waals surface area contributed by atoms with Gasteiger partial charge in [-0.3, -0.25) is 4.79 Å². The summed E-state index contributed by atoms with van der Waals surface area (Å²) in [5.74, 6) is -0.121. The smallest absolute Gasteiger partial charge is 0.319 e. The van der Waals surface area contributed by atoms with Gasteiger partial charge in [0.2, 0.25) is 0 Å². The van der Waals surface area contributed by atoms with E-state index < -0.39 is 0 Å². The van der Waals surface area contributed by atoms with E-state index in [1.54, 1.807) is 24.3 Å². The lowest BCUT2D eigenvalue weighted by atomic mass is 9.90. The molecule has 136 valence electrons. The van der Waals surface area contributed by atoms with E-state index in [4.69, 9.17) is 9.47 Å². The van der Waals surface area contributed by atoms with Gasteiger partial charge in [0.05, 0.1) is 12.2 Å². The number of benzene rings is 1. The van der Waals surface area contributed by atoms with Gasteiger partial charge in [-0.25, -0.2) is 4.79 Å². The van der Waals surface area contributed by atoms with E-state index >= 15 is 0 Å². The van der Waals surface area contributed by atoms with Gasteiger partial charge in [-0.05, 0) is 44.0 Å². The van der Waals surface area contributed by atoms with Crippen molar-refractivity contribution in [3.05, 3.63) is 29.8 Å². The first kappa shape index (κ1) is 17.7. The van der Waals surface area contributed by atoms with Crippen LogP contribution >= 0.6 is 0 Å². The molecule has 0 saturated carbocycles. The highest BCUT2D eigenvalue weighted by Crippen LogP contribution is 2.32. The zero-order valence-electron chi connectivity index (χ0n) is 14.5. The maximum Gasteiger partial charge on any atom is 0.319 e. The molecule has 0 radical (unpaired) electrons. The number of urea groups is 1. The summed E-state index contributed by atoms with van der Waals surface area (Å²) in [6.07, 6.45) is 2.45.